The quantitative estimate of drug-likeness (QED) is 0.758. The average Bonchev–Trinajstić information content (AvgIpc) is 2.45. The lowest BCUT2D eigenvalue weighted by molar-refractivity contribution is -0.137. The summed E-state index contributed by atoms with van der Waals surface area (Å²) in [5, 5.41) is 12.8. The van der Waals surface area contributed by atoms with Gasteiger partial charge in [0.25, 0.3) is 0 Å². The molecule has 0 spiro atoms. The summed E-state index contributed by atoms with van der Waals surface area (Å²) >= 11 is 0. The maximum absolute atomic E-state index is 12.5. The minimum Gasteiger partial charge on any atom is -0.397 e. The van der Waals surface area contributed by atoms with Gasteiger partial charge in [-0.25, -0.2) is 0 Å². The Bertz CT molecular complexity index is 600. The van der Waals surface area contributed by atoms with E-state index >= 15 is 0 Å². The van der Waals surface area contributed by atoms with Gasteiger partial charge >= 0.3 is 6.18 Å². The Morgan fingerprint density at radius 2 is 1.76 bits per heavy atom. The van der Waals surface area contributed by atoms with Crippen LogP contribution in [0.3, 0.4) is 0 Å². The standard InChI is InChI=1S/C15H15F3N2O/c16-15(17,18)11-6-7-13(12(19)8-11)20-9-14(21)10-4-2-1-3-5-10/h1-8,14,20-21H,9,19H2. The van der Waals surface area contributed by atoms with E-state index in [0.717, 1.165) is 17.7 Å². The predicted octanol–water partition coefficient (Wildman–Crippen LogP) is 3.43. The van der Waals surface area contributed by atoms with Crippen LogP contribution in [0.5, 0.6) is 0 Å². The topological polar surface area (TPSA) is 58.3 Å². The Labute approximate surface area is 120 Å². The maximum atomic E-state index is 12.5. The number of rotatable bonds is 4. The molecule has 6 heteroatoms. The van der Waals surface area contributed by atoms with Crippen LogP contribution in [0.4, 0.5) is 24.5 Å². The Morgan fingerprint density at radius 1 is 1.10 bits per heavy atom. The number of nitrogens with one attached hydrogen (secondary N) is 1. The van der Waals surface area contributed by atoms with Gasteiger partial charge in [0, 0.05) is 6.54 Å². The molecule has 4 N–H and O–H groups in total. The zero-order valence-electron chi connectivity index (χ0n) is 11.1. The smallest absolute Gasteiger partial charge is 0.397 e. The lowest BCUT2D eigenvalue weighted by Crippen LogP contribution is -2.14. The van der Waals surface area contributed by atoms with Crippen LogP contribution >= 0.6 is 0 Å². The van der Waals surface area contributed by atoms with Crippen LogP contribution < -0.4 is 11.1 Å². The number of alkyl halides is 3. The highest BCUT2D eigenvalue weighted by atomic mass is 19.4. The third-order valence-electron chi connectivity index (χ3n) is 3.05. The summed E-state index contributed by atoms with van der Waals surface area (Å²) in [7, 11) is 0. The molecule has 3 nitrogen and oxygen atoms in total. The van der Waals surface area contributed by atoms with Crippen molar-refractivity contribution in [3.8, 4) is 0 Å². The van der Waals surface area contributed by atoms with E-state index < -0.39 is 17.8 Å². The van der Waals surface area contributed by atoms with Crippen LogP contribution in [0.15, 0.2) is 48.5 Å². The van der Waals surface area contributed by atoms with Crippen molar-refractivity contribution < 1.29 is 18.3 Å². The van der Waals surface area contributed by atoms with Crippen molar-refractivity contribution in [1.29, 1.82) is 0 Å². The Hall–Kier alpha value is -2.21. The molecule has 0 fully saturated rings. The van der Waals surface area contributed by atoms with Gasteiger partial charge < -0.3 is 16.2 Å². The SMILES string of the molecule is Nc1cc(C(F)(F)F)ccc1NCC(O)c1ccccc1. The van der Waals surface area contributed by atoms with Gasteiger partial charge in [-0.05, 0) is 23.8 Å². The first kappa shape index (κ1) is 15.2. The molecule has 2 aromatic carbocycles. The average molecular weight is 296 g/mol. The molecule has 112 valence electrons. The zero-order valence-corrected chi connectivity index (χ0v) is 11.1. The van der Waals surface area contributed by atoms with Gasteiger partial charge in [-0.15, -0.1) is 0 Å². The molecule has 1 atom stereocenters. The molecule has 0 saturated carbocycles. The number of halogens is 3. The summed E-state index contributed by atoms with van der Waals surface area (Å²) in [4.78, 5) is 0. The van der Waals surface area contributed by atoms with Crippen LogP contribution in [0.25, 0.3) is 0 Å². The van der Waals surface area contributed by atoms with E-state index in [-0.39, 0.29) is 12.2 Å². The molecule has 0 amide bonds. The first-order chi connectivity index (χ1) is 9.88. The molecule has 0 aliphatic rings. The van der Waals surface area contributed by atoms with Crippen molar-refractivity contribution >= 4 is 11.4 Å². The summed E-state index contributed by atoms with van der Waals surface area (Å²) in [6, 6.07) is 12.0. The maximum Gasteiger partial charge on any atom is 0.416 e. The van der Waals surface area contributed by atoms with E-state index in [1.165, 1.54) is 6.07 Å². The summed E-state index contributed by atoms with van der Waals surface area (Å²) in [6.45, 7) is 0.152. The van der Waals surface area contributed by atoms with Crippen LogP contribution in [0, 0.1) is 0 Å². The number of benzene rings is 2. The highest BCUT2D eigenvalue weighted by Crippen LogP contribution is 2.32. The van der Waals surface area contributed by atoms with Crippen molar-refractivity contribution in [2.24, 2.45) is 0 Å². The molecule has 0 heterocycles. The van der Waals surface area contributed by atoms with Crippen LogP contribution in [0.2, 0.25) is 0 Å². The molecular formula is C15H15F3N2O. The van der Waals surface area contributed by atoms with Crippen molar-refractivity contribution in [2.45, 2.75) is 12.3 Å². The highest BCUT2D eigenvalue weighted by molar-refractivity contribution is 5.67. The molecular weight excluding hydrogens is 281 g/mol. The second-order valence-electron chi connectivity index (χ2n) is 4.61. The third kappa shape index (κ3) is 3.88. The van der Waals surface area contributed by atoms with Gasteiger partial charge in [0.2, 0.25) is 0 Å². The van der Waals surface area contributed by atoms with Crippen LogP contribution in [0.1, 0.15) is 17.2 Å². The molecule has 1 unspecified atom stereocenters. The minimum atomic E-state index is -4.42. The van der Waals surface area contributed by atoms with Gasteiger partial charge in [0.05, 0.1) is 23.0 Å². The molecule has 2 aromatic rings. The largest absolute Gasteiger partial charge is 0.416 e. The van der Waals surface area contributed by atoms with Gasteiger partial charge in [-0.3, -0.25) is 0 Å². The summed E-state index contributed by atoms with van der Waals surface area (Å²) in [6.07, 6.45) is -5.19. The van der Waals surface area contributed by atoms with Crippen LogP contribution in [-0.4, -0.2) is 11.7 Å². The molecule has 2 rings (SSSR count). The molecule has 0 aliphatic heterocycles. The number of nitrogen functional groups attached to an aromatic ring is 1. The second kappa shape index (κ2) is 6.05. The zero-order chi connectivity index (χ0) is 15.5. The van der Waals surface area contributed by atoms with E-state index in [9.17, 15) is 18.3 Å². The first-order valence-electron chi connectivity index (χ1n) is 6.31. The van der Waals surface area contributed by atoms with Crippen molar-refractivity contribution in [1.82, 2.24) is 0 Å². The third-order valence-corrected chi connectivity index (χ3v) is 3.05. The van der Waals surface area contributed by atoms with Crippen molar-refractivity contribution in [2.75, 3.05) is 17.6 Å². The normalized spacial score (nSPS) is 13.0. The summed E-state index contributed by atoms with van der Waals surface area (Å²) in [5.41, 5.74) is 5.87. The second-order valence-corrected chi connectivity index (χ2v) is 4.61. The van der Waals surface area contributed by atoms with Crippen molar-refractivity contribution in [3.63, 3.8) is 0 Å². The Kier molecular flexibility index (Phi) is 4.37. The lowest BCUT2D eigenvalue weighted by Gasteiger charge is -2.15. The fraction of sp³-hybridized carbons (Fsp3) is 0.200. The number of anilines is 2. The minimum absolute atomic E-state index is 0.00918. The van der Waals surface area contributed by atoms with E-state index in [4.69, 9.17) is 5.73 Å². The summed E-state index contributed by atoms with van der Waals surface area (Å²) < 4.78 is 37.6. The number of aliphatic hydroxyl groups excluding tert-OH is 1. The molecule has 0 saturated heterocycles. The summed E-state index contributed by atoms with van der Waals surface area (Å²) in [5.74, 6) is 0. The van der Waals surface area contributed by atoms with E-state index in [2.05, 4.69) is 5.32 Å². The van der Waals surface area contributed by atoms with Gasteiger partial charge in [0.1, 0.15) is 0 Å². The van der Waals surface area contributed by atoms with Crippen LogP contribution in [-0.2, 0) is 6.18 Å². The Morgan fingerprint density at radius 3 is 2.33 bits per heavy atom. The van der Waals surface area contributed by atoms with Crippen molar-refractivity contribution in [3.05, 3.63) is 59.7 Å². The Balaban J connectivity index is 2.04. The van der Waals surface area contributed by atoms with Gasteiger partial charge in [-0.1, -0.05) is 30.3 Å². The fourth-order valence-corrected chi connectivity index (χ4v) is 1.90. The monoisotopic (exact) mass is 296 g/mol. The first-order valence-corrected chi connectivity index (χ1v) is 6.31. The lowest BCUT2D eigenvalue weighted by atomic mass is 10.1. The van der Waals surface area contributed by atoms with Gasteiger partial charge in [-0.2, -0.15) is 13.2 Å². The highest BCUT2D eigenvalue weighted by Gasteiger charge is 2.30. The predicted molar refractivity (Wildman–Crippen MR) is 75.7 cm³/mol. The molecule has 0 aliphatic carbocycles. The molecule has 0 aromatic heterocycles. The fourth-order valence-electron chi connectivity index (χ4n) is 1.90. The van der Waals surface area contributed by atoms with Gasteiger partial charge in [0.15, 0.2) is 0 Å². The molecule has 0 bridgehead atoms. The number of hydrogen-bond donors (Lipinski definition) is 3. The number of hydrogen-bond acceptors (Lipinski definition) is 3. The molecule has 21 heavy (non-hydrogen) atoms. The number of aliphatic hydroxyl groups is 1. The van der Waals surface area contributed by atoms with E-state index in [1.807, 2.05) is 6.07 Å². The molecule has 0 radical (unpaired) electrons. The van der Waals surface area contributed by atoms with E-state index in [0.29, 0.717) is 5.69 Å². The number of nitrogens with two attached hydrogens (primary N) is 1. The van der Waals surface area contributed by atoms with E-state index in [1.54, 1.807) is 24.3 Å².